The van der Waals surface area contributed by atoms with Crippen LogP contribution in [-0.2, 0) is 14.3 Å². The van der Waals surface area contributed by atoms with Crippen LogP contribution in [0.3, 0.4) is 0 Å². The van der Waals surface area contributed by atoms with Crippen molar-refractivity contribution in [2.24, 2.45) is 0 Å². The summed E-state index contributed by atoms with van der Waals surface area (Å²) in [6, 6.07) is 12.8. The molecule has 1 amide bonds. The molecule has 1 fully saturated rings. The number of unbranched alkanes of at least 4 members (excludes halogenated alkanes) is 1. The first kappa shape index (κ1) is 28.3. The van der Waals surface area contributed by atoms with Gasteiger partial charge in [0, 0.05) is 10.0 Å². The quantitative estimate of drug-likeness (QED) is 0.0710. The summed E-state index contributed by atoms with van der Waals surface area (Å²) in [4.78, 5) is 45.2. The Morgan fingerprint density at radius 3 is 2.64 bits per heavy atom. The fourth-order valence-electron chi connectivity index (χ4n) is 4.10. The Kier molecular flexibility index (Phi) is 8.98. The molecule has 0 saturated carbocycles. The van der Waals surface area contributed by atoms with Crippen LogP contribution in [0.5, 0.6) is 5.75 Å². The van der Waals surface area contributed by atoms with Gasteiger partial charge >= 0.3 is 11.9 Å². The van der Waals surface area contributed by atoms with Crippen LogP contribution in [0.25, 0.3) is 5.76 Å². The smallest absolute Gasteiger partial charge is 0.350 e. The summed E-state index contributed by atoms with van der Waals surface area (Å²) in [5.41, 5.74) is 1.21. The molecule has 1 unspecified atom stereocenters. The van der Waals surface area contributed by atoms with Gasteiger partial charge in [0.25, 0.3) is 5.78 Å². The van der Waals surface area contributed by atoms with E-state index < -0.39 is 23.7 Å². The third kappa shape index (κ3) is 5.97. The van der Waals surface area contributed by atoms with Crippen molar-refractivity contribution in [3.05, 3.63) is 92.9 Å². The second kappa shape index (κ2) is 12.4. The summed E-state index contributed by atoms with van der Waals surface area (Å²) in [6.07, 6.45) is 3.37. The van der Waals surface area contributed by atoms with E-state index in [-0.39, 0.29) is 27.9 Å². The van der Waals surface area contributed by atoms with E-state index in [2.05, 4.69) is 34.4 Å². The molecule has 1 aliphatic rings. The summed E-state index contributed by atoms with van der Waals surface area (Å²) in [5.74, 6) is -2.00. The number of carbonyl (C=O) groups excluding carboxylic acids is 3. The van der Waals surface area contributed by atoms with Gasteiger partial charge in [-0.15, -0.1) is 0 Å². The Hall–Kier alpha value is -3.76. The molecule has 0 radical (unpaired) electrons. The third-order valence-corrected chi connectivity index (χ3v) is 7.64. The number of rotatable bonds is 10. The number of hydrogen-bond acceptors (Lipinski definition) is 8. The number of Topliss-reactive ketones (excluding diaryl/α,β-unsaturated/α-hetero) is 1. The fourth-order valence-corrected chi connectivity index (χ4v) is 5.50. The highest BCUT2D eigenvalue weighted by Crippen LogP contribution is 2.44. The topological polar surface area (TPSA) is 106 Å². The molecule has 1 atom stereocenters. The molecule has 202 valence electrons. The maximum absolute atomic E-state index is 13.4. The Bertz CT molecular complexity index is 1450. The van der Waals surface area contributed by atoms with Crippen molar-refractivity contribution >= 4 is 55.8 Å². The van der Waals surface area contributed by atoms with Crippen LogP contribution in [0.15, 0.2) is 71.2 Å². The third-order valence-electron chi connectivity index (χ3n) is 6.01. The number of benzene rings is 2. The first-order chi connectivity index (χ1) is 18.8. The average molecular weight is 612 g/mol. The van der Waals surface area contributed by atoms with Gasteiger partial charge in [0.15, 0.2) is 5.13 Å². The lowest BCUT2D eigenvalue weighted by molar-refractivity contribution is -0.132. The summed E-state index contributed by atoms with van der Waals surface area (Å²) in [5, 5.41) is 11.5. The van der Waals surface area contributed by atoms with E-state index in [1.807, 2.05) is 6.07 Å². The minimum Gasteiger partial charge on any atom is -0.507 e. The number of ketones is 1. The van der Waals surface area contributed by atoms with Crippen molar-refractivity contribution in [1.29, 1.82) is 0 Å². The molecule has 39 heavy (non-hydrogen) atoms. The highest BCUT2D eigenvalue weighted by atomic mass is 79.9. The molecule has 2 aromatic carbocycles. The fraction of sp³-hybridized carbons (Fsp3) is 0.241. The number of nitrogens with zero attached hydrogens (tertiary/aromatic N) is 2. The van der Waals surface area contributed by atoms with E-state index in [1.54, 1.807) is 49.4 Å². The number of esters is 1. The Morgan fingerprint density at radius 2 is 1.97 bits per heavy atom. The summed E-state index contributed by atoms with van der Waals surface area (Å²) >= 11 is 4.39. The minimum absolute atomic E-state index is 0.0243. The molecule has 0 aliphatic carbocycles. The predicted molar refractivity (Wildman–Crippen MR) is 153 cm³/mol. The van der Waals surface area contributed by atoms with Crippen LogP contribution < -0.4 is 9.64 Å². The zero-order valence-corrected chi connectivity index (χ0v) is 23.9. The standard InChI is InChI=1S/C29H27BrN2O6S/c1-4-6-15-37-21-12-10-18(11-13-21)24(33)22-23(19-8-7-9-20(30)16-19)32(27(35)25(22)34)29-31-17(3)26(39-29)28(36)38-14-5-2/h5,7-13,16,23,33H,2,4,6,14-15H2,1,3H3/b24-22+. The largest absolute Gasteiger partial charge is 0.507 e. The number of aromatic nitrogens is 1. The van der Waals surface area contributed by atoms with Crippen LogP contribution in [0, 0.1) is 6.92 Å². The molecular weight excluding hydrogens is 584 g/mol. The van der Waals surface area contributed by atoms with E-state index in [9.17, 15) is 19.5 Å². The molecule has 10 heteroatoms. The number of aliphatic hydroxyl groups excluding tert-OH is 1. The molecule has 0 spiro atoms. The molecule has 0 bridgehead atoms. The Balaban J connectivity index is 1.80. The number of halogens is 1. The maximum Gasteiger partial charge on any atom is 0.350 e. The average Bonchev–Trinajstić information content (AvgIpc) is 3.44. The molecule has 1 N–H and O–H groups in total. The van der Waals surface area contributed by atoms with Gasteiger partial charge in [-0.25, -0.2) is 9.78 Å². The van der Waals surface area contributed by atoms with Crippen LogP contribution >= 0.6 is 27.3 Å². The monoisotopic (exact) mass is 610 g/mol. The van der Waals surface area contributed by atoms with Crippen molar-refractivity contribution in [2.75, 3.05) is 18.1 Å². The van der Waals surface area contributed by atoms with Crippen molar-refractivity contribution in [3.63, 3.8) is 0 Å². The predicted octanol–water partition coefficient (Wildman–Crippen LogP) is 6.36. The number of amides is 1. The van der Waals surface area contributed by atoms with Crippen molar-refractivity contribution in [3.8, 4) is 5.75 Å². The number of hydrogen-bond donors (Lipinski definition) is 1. The summed E-state index contributed by atoms with van der Waals surface area (Å²) in [6.45, 7) is 7.84. The number of carbonyl (C=O) groups is 3. The molecule has 1 saturated heterocycles. The van der Waals surface area contributed by atoms with Gasteiger partial charge in [0.1, 0.15) is 23.0 Å². The van der Waals surface area contributed by atoms with Crippen LogP contribution in [0.4, 0.5) is 5.13 Å². The first-order valence-corrected chi connectivity index (χ1v) is 13.9. The Labute approximate surface area is 238 Å². The van der Waals surface area contributed by atoms with Crippen LogP contribution in [-0.4, -0.2) is 41.0 Å². The lowest BCUT2D eigenvalue weighted by atomic mass is 9.95. The van der Waals surface area contributed by atoms with Crippen molar-refractivity contribution in [1.82, 2.24) is 4.98 Å². The number of thiazole rings is 1. The molecule has 8 nitrogen and oxygen atoms in total. The zero-order chi connectivity index (χ0) is 28.1. The number of anilines is 1. The highest BCUT2D eigenvalue weighted by molar-refractivity contribution is 9.10. The van der Waals surface area contributed by atoms with E-state index in [0.29, 0.717) is 29.2 Å². The number of aliphatic hydroxyl groups is 1. The van der Waals surface area contributed by atoms with E-state index in [4.69, 9.17) is 9.47 Å². The first-order valence-electron chi connectivity index (χ1n) is 12.3. The van der Waals surface area contributed by atoms with Crippen molar-refractivity contribution < 1.29 is 29.0 Å². The molecule has 3 aromatic rings. The van der Waals surface area contributed by atoms with Gasteiger partial charge < -0.3 is 14.6 Å². The van der Waals surface area contributed by atoms with Gasteiger partial charge in [-0.2, -0.15) is 0 Å². The second-order valence-corrected chi connectivity index (χ2v) is 10.6. The second-order valence-electron chi connectivity index (χ2n) is 8.75. The molecule has 2 heterocycles. The molecular formula is C29H27BrN2O6S. The molecule has 1 aliphatic heterocycles. The van der Waals surface area contributed by atoms with Gasteiger partial charge in [0.05, 0.1) is 23.9 Å². The highest BCUT2D eigenvalue weighted by Gasteiger charge is 2.48. The number of ether oxygens (including phenoxy) is 2. The molecule has 1 aromatic heterocycles. The zero-order valence-electron chi connectivity index (χ0n) is 21.5. The van der Waals surface area contributed by atoms with Gasteiger partial charge in [-0.3, -0.25) is 14.5 Å². The lowest BCUT2D eigenvalue weighted by Crippen LogP contribution is -2.29. The van der Waals surface area contributed by atoms with Crippen LogP contribution in [0.2, 0.25) is 0 Å². The van der Waals surface area contributed by atoms with Gasteiger partial charge in [-0.1, -0.05) is 65.4 Å². The van der Waals surface area contributed by atoms with Gasteiger partial charge in [-0.05, 0) is 55.3 Å². The van der Waals surface area contributed by atoms with Crippen LogP contribution in [0.1, 0.15) is 52.3 Å². The van der Waals surface area contributed by atoms with E-state index in [1.165, 1.54) is 11.0 Å². The SMILES string of the molecule is C=CCOC(=O)c1sc(N2C(=O)C(=O)/C(=C(/O)c3ccc(OCCCC)cc3)C2c2cccc(Br)c2)nc1C. The Morgan fingerprint density at radius 1 is 1.23 bits per heavy atom. The van der Waals surface area contributed by atoms with E-state index >= 15 is 0 Å². The maximum atomic E-state index is 13.4. The minimum atomic E-state index is -0.981. The summed E-state index contributed by atoms with van der Waals surface area (Å²) in [7, 11) is 0. The summed E-state index contributed by atoms with van der Waals surface area (Å²) < 4.78 is 11.6. The van der Waals surface area contributed by atoms with Crippen molar-refractivity contribution in [2.45, 2.75) is 32.7 Å². The molecule has 4 rings (SSSR count). The van der Waals surface area contributed by atoms with E-state index in [0.717, 1.165) is 28.7 Å². The van der Waals surface area contributed by atoms with Gasteiger partial charge in [0.2, 0.25) is 0 Å². The number of aryl methyl sites for hydroxylation is 1. The lowest BCUT2D eigenvalue weighted by Gasteiger charge is -2.23. The normalized spacial score (nSPS) is 16.4.